The Morgan fingerprint density at radius 1 is 1.18 bits per heavy atom. The van der Waals surface area contributed by atoms with Crippen molar-refractivity contribution in [3.8, 4) is 17.1 Å². The summed E-state index contributed by atoms with van der Waals surface area (Å²) >= 11 is 1.12. The van der Waals surface area contributed by atoms with Gasteiger partial charge >= 0.3 is 5.97 Å². The van der Waals surface area contributed by atoms with Gasteiger partial charge in [0.1, 0.15) is 28.0 Å². The number of carboxylic acid groups (broad SMARTS) is 1. The van der Waals surface area contributed by atoms with Crippen LogP contribution >= 0.6 is 11.3 Å². The highest BCUT2D eigenvalue weighted by molar-refractivity contribution is 7.20. The van der Waals surface area contributed by atoms with Crippen molar-refractivity contribution in [2.45, 2.75) is 32.1 Å². The van der Waals surface area contributed by atoms with Gasteiger partial charge < -0.3 is 19.1 Å². The lowest BCUT2D eigenvalue weighted by molar-refractivity contribution is -0.0589. The maximum absolute atomic E-state index is 15.4. The smallest absolute Gasteiger partial charge is 0.346 e. The Bertz CT molecular complexity index is 1750. The molecule has 1 fully saturated rings. The quantitative estimate of drug-likeness (QED) is 0.209. The minimum Gasteiger partial charge on any atom is -0.477 e. The van der Waals surface area contributed by atoms with Crippen molar-refractivity contribution in [2.24, 2.45) is 0 Å². The van der Waals surface area contributed by atoms with Crippen LogP contribution in [0.15, 0.2) is 66.7 Å². The van der Waals surface area contributed by atoms with Gasteiger partial charge in [-0.2, -0.15) is 0 Å². The number of hydrogen-bond donors (Lipinski definition) is 1. The molecule has 10 heteroatoms. The van der Waals surface area contributed by atoms with Crippen LogP contribution in [0, 0.1) is 12.4 Å². The van der Waals surface area contributed by atoms with Crippen molar-refractivity contribution in [3.63, 3.8) is 0 Å². The summed E-state index contributed by atoms with van der Waals surface area (Å²) in [4.78, 5) is 24.9. The van der Waals surface area contributed by atoms with Gasteiger partial charge in [0.25, 0.3) is 0 Å². The number of rotatable bonds is 9. The zero-order chi connectivity index (χ0) is 27.6. The van der Waals surface area contributed by atoms with E-state index < -0.39 is 5.97 Å². The van der Waals surface area contributed by atoms with E-state index in [0.717, 1.165) is 28.8 Å². The monoisotopic (exact) mass is 554 g/mol. The van der Waals surface area contributed by atoms with E-state index in [1.807, 2.05) is 28.8 Å². The average Bonchev–Trinajstić information content (AvgIpc) is 3.49. The van der Waals surface area contributed by atoms with E-state index in [-0.39, 0.29) is 23.2 Å². The predicted octanol–water partition coefficient (Wildman–Crippen LogP) is 6.51. The fourth-order valence-electron chi connectivity index (χ4n) is 4.54. The number of pyridine rings is 1. The second kappa shape index (κ2) is 10.9. The minimum absolute atomic E-state index is 0.0373. The Balaban J connectivity index is 1.21. The molecule has 2 aromatic carbocycles. The number of aromatic nitrogens is 3. The van der Waals surface area contributed by atoms with E-state index in [1.165, 1.54) is 6.07 Å². The Morgan fingerprint density at radius 2 is 2.00 bits per heavy atom. The first-order valence-corrected chi connectivity index (χ1v) is 13.5. The summed E-state index contributed by atoms with van der Waals surface area (Å²) < 4.78 is 28.7. The number of ether oxygens (including phenoxy) is 2. The normalized spacial score (nSPS) is 14.6. The van der Waals surface area contributed by atoms with Gasteiger partial charge in [-0.25, -0.2) is 24.0 Å². The molecule has 6 rings (SSSR count). The van der Waals surface area contributed by atoms with Gasteiger partial charge in [-0.1, -0.05) is 42.5 Å². The molecule has 4 heterocycles. The molecule has 0 amide bonds. The van der Waals surface area contributed by atoms with Gasteiger partial charge in [-0.05, 0) is 35.7 Å². The van der Waals surface area contributed by atoms with Crippen LogP contribution in [0.25, 0.3) is 26.4 Å². The lowest BCUT2D eigenvalue weighted by atomic mass is 10.1. The van der Waals surface area contributed by atoms with E-state index in [2.05, 4.69) is 14.8 Å². The van der Waals surface area contributed by atoms with Crippen LogP contribution in [0.3, 0.4) is 0 Å². The maximum Gasteiger partial charge on any atom is 0.346 e. The van der Waals surface area contributed by atoms with Crippen LogP contribution in [-0.2, 0) is 24.3 Å². The molecule has 5 aromatic rings. The summed E-state index contributed by atoms with van der Waals surface area (Å²) in [6.45, 7) is 8.59. The molecule has 0 spiro atoms. The van der Waals surface area contributed by atoms with Crippen molar-refractivity contribution in [3.05, 3.63) is 106 Å². The largest absolute Gasteiger partial charge is 0.477 e. The van der Waals surface area contributed by atoms with E-state index in [1.54, 1.807) is 36.4 Å². The van der Waals surface area contributed by atoms with Crippen molar-refractivity contribution < 1.29 is 23.8 Å². The summed E-state index contributed by atoms with van der Waals surface area (Å²) in [5.41, 5.74) is 3.89. The number of benzene rings is 2. The molecule has 0 saturated carbocycles. The molecule has 1 N–H and O–H groups in total. The summed E-state index contributed by atoms with van der Waals surface area (Å²) in [7, 11) is 0. The van der Waals surface area contributed by atoms with E-state index >= 15 is 4.39 Å². The lowest BCUT2D eigenvalue weighted by Gasteiger charge is -2.27. The second-order valence-electron chi connectivity index (χ2n) is 9.44. The second-order valence-corrected chi connectivity index (χ2v) is 10.5. The molecule has 1 atom stereocenters. The molecule has 1 saturated heterocycles. The molecule has 8 nitrogen and oxygen atoms in total. The van der Waals surface area contributed by atoms with Gasteiger partial charge in [0.15, 0.2) is 5.69 Å². The van der Waals surface area contributed by atoms with Crippen LogP contribution in [0.4, 0.5) is 10.1 Å². The zero-order valence-electron chi connectivity index (χ0n) is 21.2. The fraction of sp³-hybridized carbons (Fsp3) is 0.200. The maximum atomic E-state index is 15.4. The van der Waals surface area contributed by atoms with Gasteiger partial charge in [0, 0.05) is 24.7 Å². The van der Waals surface area contributed by atoms with Crippen molar-refractivity contribution >= 4 is 33.3 Å². The zero-order valence-corrected chi connectivity index (χ0v) is 22.0. The third-order valence-corrected chi connectivity index (χ3v) is 7.80. The van der Waals surface area contributed by atoms with Gasteiger partial charge in [-0.15, -0.1) is 11.3 Å². The third kappa shape index (κ3) is 5.30. The van der Waals surface area contributed by atoms with Gasteiger partial charge in [-0.3, -0.25) is 0 Å². The molecule has 0 aliphatic carbocycles. The molecule has 3 aromatic heterocycles. The number of imidazole rings is 1. The van der Waals surface area contributed by atoms with Crippen LogP contribution in [-0.4, -0.2) is 38.3 Å². The number of fused-ring (bicyclic) bond motifs is 1. The molecule has 0 bridgehead atoms. The molecule has 0 unspecified atom stereocenters. The first kappa shape index (κ1) is 25.7. The number of thiophene rings is 1. The third-order valence-electron chi connectivity index (χ3n) is 6.79. The first-order valence-electron chi connectivity index (χ1n) is 12.7. The van der Waals surface area contributed by atoms with Crippen molar-refractivity contribution in [1.82, 2.24) is 14.5 Å². The molecule has 0 radical (unpaired) electrons. The molecule has 1 aliphatic rings. The van der Waals surface area contributed by atoms with Gasteiger partial charge in [0.2, 0.25) is 5.88 Å². The number of carboxylic acids is 1. The molecule has 200 valence electrons. The van der Waals surface area contributed by atoms with Crippen LogP contribution in [0.5, 0.6) is 5.88 Å². The summed E-state index contributed by atoms with van der Waals surface area (Å²) in [6, 6.07) is 19.1. The predicted molar refractivity (Wildman–Crippen MR) is 148 cm³/mol. The Morgan fingerprint density at radius 3 is 2.70 bits per heavy atom. The highest BCUT2D eigenvalue weighted by Gasteiger charge is 2.24. The summed E-state index contributed by atoms with van der Waals surface area (Å²) in [6.07, 6.45) is 1.21. The fourth-order valence-corrected chi connectivity index (χ4v) is 5.43. The van der Waals surface area contributed by atoms with Gasteiger partial charge in [0.05, 0.1) is 30.4 Å². The highest BCUT2D eigenvalue weighted by Crippen LogP contribution is 2.30. The topological polar surface area (TPSA) is 90.8 Å². The van der Waals surface area contributed by atoms with Crippen LogP contribution < -0.4 is 4.74 Å². The number of aromatic carboxylic acids is 1. The van der Waals surface area contributed by atoms with E-state index in [4.69, 9.17) is 16.0 Å². The highest BCUT2D eigenvalue weighted by atomic mass is 32.1. The van der Waals surface area contributed by atoms with Crippen LogP contribution in [0.2, 0.25) is 0 Å². The van der Waals surface area contributed by atoms with Crippen molar-refractivity contribution in [2.75, 3.05) is 6.61 Å². The molecule has 40 heavy (non-hydrogen) atoms. The summed E-state index contributed by atoms with van der Waals surface area (Å²) in [5, 5.41) is 9.39. The Labute approximate surface area is 233 Å². The average molecular weight is 555 g/mol. The molecule has 1 aliphatic heterocycles. The van der Waals surface area contributed by atoms with Crippen LogP contribution in [0.1, 0.15) is 33.0 Å². The molecular formula is C30H23FN4O4S. The lowest BCUT2D eigenvalue weighted by Crippen LogP contribution is -2.31. The number of carbonyl (C=O) groups is 1. The SMILES string of the molecule is [C-]#[N+]c1ccc(COc2cccc(-c3ccc(Cc4nc5sc(C(=O)O)cc5n4C[C@@H]4CCO4)c(F)c3)n2)cc1. The first-order chi connectivity index (χ1) is 19.5. The molecular weight excluding hydrogens is 531 g/mol. The Hall–Kier alpha value is -4.59. The summed E-state index contributed by atoms with van der Waals surface area (Å²) in [5.74, 6) is -0.291. The number of hydrogen-bond acceptors (Lipinski definition) is 6. The Kier molecular flexibility index (Phi) is 6.99. The van der Waals surface area contributed by atoms with Crippen molar-refractivity contribution in [1.29, 1.82) is 0 Å². The standard InChI is InChI=1S/C30H23FN4O4S/c1-32-21-9-5-18(6-10-21)17-39-28-4-2-3-24(33-28)20-8-7-19(23(31)13-20)14-27-34-29-25(15-26(40-29)30(36)37)35(27)16-22-11-12-38-22/h2-10,13,15,22H,11-12,14,16-17H2,(H,36,37)/t22-/m0/s1. The number of halogens is 1. The number of nitrogens with zero attached hydrogens (tertiary/aromatic N) is 4. The van der Waals surface area contributed by atoms with E-state index in [9.17, 15) is 9.90 Å². The van der Waals surface area contributed by atoms with E-state index in [0.29, 0.717) is 58.8 Å². The minimum atomic E-state index is -0.990.